The van der Waals surface area contributed by atoms with Crippen LogP contribution in [0.3, 0.4) is 0 Å². The number of rotatable bonds is 4. The van der Waals surface area contributed by atoms with Gasteiger partial charge in [0.2, 0.25) is 17.7 Å². The molecule has 0 saturated carbocycles. The monoisotopic (exact) mass is 405 g/mol. The Bertz CT molecular complexity index is 1100. The normalized spacial score (nSPS) is 18.2. The van der Waals surface area contributed by atoms with E-state index in [0.29, 0.717) is 29.8 Å². The van der Waals surface area contributed by atoms with Gasteiger partial charge in [0.15, 0.2) is 0 Å². The van der Waals surface area contributed by atoms with E-state index in [1.54, 1.807) is 13.1 Å². The fourth-order valence-electron chi connectivity index (χ4n) is 4.18. The van der Waals surface area contributed by atoms with Gasteiger partial charge < -0.3 is 19.6 Å². The smallest absolute Gasteiger partial charge is 0.263 e. The van der Waals surface area contributed by atoms with Crippen LogP contribution in [0.5, 0.6) is 0 Å². The van der Waals surface area contributed by atoms with E-state index in [0.717, 1.165) is 43.0 Å². The summed E-state index contributed by atoms with van der Waals surface area (Å²) in [6.45, 7) is 5.97. The van der Waals surface area contributed by atoms with E-state index in [9.17, 15) is 4.79 Å². The fraction of sp³-hybridized carbons (Fsp3) is 0.381. The molecule has 0 unspecified atom stereocenters. The quantitative estimate of drug-likeness (QED) is 0.707. The maximum Gasteiger partial charge on any atom is 0.263 e. The fourth-order valence-corrected chi connectivity index (χ4v) is 4.18. The summed E-state index contributed by atoms with van der Waals surface area (Å²) < 4.78 is 5.11. The number of aryl methyl sites for hydroxylation is 1. The minimum absolute atomic E-state index is 0.0936. The van der Waals surface area contributed by atoms with Gasteiger partial charge in [-0.15, -0.1) is 0 Å². The highest BCUT2D eigenvalue weighted by atomic mass is 16.5. The molecular weight excluding hydrogens is 382 g/mol. The number of amides is 1. The number of nitrogens with zero attached hydrogens (tertiary/aromatic N) is 6. The minimum atomic E-state index is -0.0936. The van der Waals surface area contributed by atoms with Crippen molar-refractivity contribution >= 4 is 23.4 Å². The molecule has 30 heavy (non-hydrogen) atoms. The predicted octanol–water partition coefficient (Wildman–Crippen LogP) is 2.90. The van der Waals surface area contributed by atoms with Crippen molar-refractivity contribution in [3.63, 3.8) is 0 Å². The number of benzene rings is 1. The van der Waals surface area contributed by atoms with Crippen molar-refractivity contribution in [3.8, 4) is 11.4 Å². The Balaban J connectivity index is 1.56. The molecule has 0 radical (unpaired) electrons. The van der Waals surface area contributed by atoms with Gasteiger partial charge in [-0.2, -0.15) is 9.97 Å². The van der Waals surface area contributed by atoms with Gasteiger partial charge in [0, 0.05) is 50.0 Å². The molecular formula is C21H23N7O2. The van der Waals surface area contributed by atoms with E-state index in [2.05, 4.69) is 30.3 Å². The summed E-state index contributed by atoms with van der Waals surface area (Å²) in [4.78, 5) is 30.9. The van der Waals surface area contributed by atoms with Crippen molar-refractivity contribution in [3.05, 3.63) is 41.9 Å². The van der Waals surface area contributed by atoms with Crippen LogP contribution in [-0.2, 0) is 0 Å². The lowest BCUT2D eigenvalue weighted by atomic mass is 10.1. The van der Waals surface area contributed by atoms with Crippen LogP contribution in [0, 0.1) is 6.92 Å². The number of fused-ring (bicyclic) bond motifs is 3. The summed E-state index contributed by atoms with van der Waals surface area (Å²) in [5, 5.41) is 7.15. The van der Waals surface area contributed by atoms with Gasteiger partial charge in [-0.05, 0) is 31.9 Å². The summed E-state index contributed by atoms with van der Waals surface area (Å²) in [7, 11) is 0. The van der Waals surface area contributed by atoms with Crippen molar-refractivity contribution in [2.24, 2.45) is 0 Å². The van der Waals surface area contributed by atoms with E-state index in [-0.39, 0.29) is 11.9 Å². The molecule has 1 atom stereocenters. The first kappa shape index (κ1) is 18.5. The van der Waals surface area contributed by atoms with E-state index in [1.165, 1.54) is 0 Å². The summed E-state index contributed by atoms with van der Waals surface area (Å²) in [5.74, 6) is 2.20. The van der Waals surface area contributed by atoms with Gasteiger partial charge in [0.25, 0.3) is 5.91 Å². The molecule has 2 aliphatic rings. The van der Waals surface area contributed by atoms with Gasteiger partial charge in [0.05, 0.1) is 0 Å². The van der Waals surface area contributed by atoms with Gasteiger partial charge in [0.1, 0.15) is 11.4 Å². The number of hydrogen-bond donors (Lipinski definition) is 1. The molecule has 1 fully saturated rings. The average Bonchev–Trinajstić information content (AvgIpc) is 3.38. The van der Waals surface area contributed by atoms with Gasteiger partial charge >= 0.3 is 0 Å². The summed E-state index contributed by atoms with van der Waals surface area (Å²) >= 11 is 0. The Kier molecular flexibility index (Phi) is 4.57. The molecule has 9 heteroatoms. The third kappa shape index (κ3) is 3.16. The largest absolute Gasteiger partial charge is 0.354 e. The third-order valence-electron chi connectivity index (χ3n) is 5.57. The Morgan fingerprint density at radius 3 is 3.00 bits per heavy atom. The van der Waals surface area contributed by atoms with Crippen molar-refractivity contribution in [2.75, 3.05) is 34.8 Å². The molecule has 2 aromatic heterocycles. The van der Waals surface area contributed by atoms with Crippen molar-refractivity contribution in [1.82, 2.24) is 20.1 Å². The summed E-state index contributed by atoms with van der Waals surface area (Å²) in [6.07, 6.45) is 3.74. The molecule has 0 bridgehead atoms. The lowest BCUT2D eigenvalue weighted by molar-refractivity contribution is 0.0988. The van der Waals surface area contributed by atoms with Gasteiger partial charge in [-0.1, -0.05) is 17.3 Å². The Labute approximate surface area is 174 Å². The molecule has 9 nitrogen and oxygen atoms in total. The zero-order valence-electron chi connectivity index (χ0n) is 17.0. The molecule has 2 aliphatic heterocycles. The number of nitrogens with one attached hydrogen (secondary N) is 1. The second-order valence-corrected chi connectivity index (χ2v) is 7.55. The number of carbonyl (C=O) groups excluding carboxylic acids is 1. The zero-order valence-corrected chi connectivity index (χ0v) is 17.0. The Morgan fingerprint density at radius 1 is 1.30 bits per heavy atom. The Morgan fingerprint density at radius 2 is 2.20 bits per heavy atom. The van der Waals surface area contributed by atoms with Crippen LogP contribution in [-0.4, -0.2) is 51.7 Å². The maximum absolute atomic E-state index is 13.5. The highest BCUT2D eigenvalue weighted by Crippen LogP contribution is 2.34. The molecule has 0 aliphatic carbocycles. The van der Waals surface area contributed by atoms with Crippen LogP contribution in [0.15, 0.2) is 35.0 Å². The lowest BCUT2D eigenvalue weighted by Crippen LogP contribution is -2.39. The van der Waals surface area contributed by atoms with Crippen LogP contribution < -0.4 is 15.1 Å². The molecule has 0 spiro atoms. The molecule has 5 rings (SSSR count). The Hall–Kier alpha value is -3.49. The van der Waals surface area contributed by atoms with Crippen LogP contribution in [0.4, 0.5) is 17.5 Å². The van der Waals surface area contributed by atoms with E-state index in [4.69, 9.17) is 4.52 Å². The first-order valence-corrected chi connectivity index (χ1v) is 10.2. The van der Waals surface area contributed by atoms with Crippen LogP contribution in [0.2, 0.25) is 0 Å². The third-order valence-corrected chi connectivity index (χ3v) is 5.57. The van der Waals surface area contributed by atoms with Crippen LogP contribution >= 0.6 is 0 Å². The number of aromatic nitrogens is 4. The minimum Gasteiger partial charge on any atom is -0.354 e. The second kappa shape index (κ2) is 7.40. The molecule has 1 amide bonds. The topological polar surface area (TPSA) is 100 Å². The predicted molar refractivity (Wildman–Crippen MR) is 113 cm³/mol. The SMILES string of the molecule is CCNc1ncc2c(n1)N1CCC[C@H]1CN(c1cccc(-c3noc(C)n3)c1)C2=O. The first-order valence-electron chi connectivity index (χ1n) is 10.2. The van der Waals surface area contributed by atoms with E-state index >= 15 is 0 Å². The number of hydrogen-bond acceptors (Lipinski definition) is 8. The van der Waals surface area contributed by atoms with Crippen molar-refractivity contribution in [1.29, 1.82) is 0 Å². The number of anilines is 3. The lowest BCUT2D eigenvalue weighted by Gasteiger charge is -2.27. The molecule has 1 N–H and O–H groups in total. The number of carbonyl (C=O) groups is 1. The maximum atomic E-state index is 13.5. The summed E-state index contributed by atoms with van der Waals surface area (Å²) in [6, 6.07) is 7.91. The second-order valence-electron chi connectivity index (χ2n) is 7.55. The first-order chi connectivity index (χ1) is 14.6. The van der Waals surface area contributed by atoms with Gasteiger partial charge in [-0.3, -0.25) is 4.79 Å². The molecule has 154 valence electrons. The van der Waals surface area contributed by atoms with Crippen LogP contribution in [0.1, 0.15) is 36.0 Å². The highest BCUT2D eigenvalue weighted by Gasteiger charge is 2.37. The van der Waals surface area contributed by atoms with Crippen molar-refractivity contribution < 1.29 is 9.32 Å². The standard InChI is InChI=1S/C21H23N7O2/c1-3-22-21-23-11-17-19(25-21)27-9-5-8-16(27)12-28(20(17)29)15-7-4-6-14(10-15)18-24-13(2)30-26-18/h4,6-7,10-11,16H,3,5,8-9,12H2,1-2H3,(H,22,23,25)/t16-/m0/s1. The van der Waals surface area contributed by atoms with Crippen LogP contribution in [0.25, 0.3) is 11.4 Å². The van der Waals surface area contributed by atoms with Crippen molar-refractivity contribution in [2.45, 2.75) is 32.7 Å². The molecule has 1 saturated heterocycles. The molecule has 4 heterocycles. The molecule has 3 aromatic rings. The zero-order chi connectivity index (χ0) is 20.7. The average molecular weight is 405 g/mol. The van der Waals surface area contributed by atoms with Gasteiger partial charge in [-0.25, -0.2) is 4.98 Å². The molecule has 1 aromatic carbocycles. The highest BCUT2D eigenvalue weighted by molar-refractivity contribution is 6.10. The van der Waals surface area contributed by atoms with E-state index < -0.39 is 0 Å². The van der Waals surface area contributed by atoms with E-state index in [1.807, 2.05) is 36.1 Å². The summed E-state index contributed by atoms with van der Waals surface area (Å²) in [5.41, 5.74) is 2.14.